The van der Waals surface area contributed by atoms with E-state index in [4.69, 9.17) is 5.73 Å². The molecule has 2 aromatic carbocycles. The van der Waals surface area contributed by atoms with Crippen LogP contribution in [-0.4, -0.2) is 40.9 Å². The van der Waals surface area contributed by atoms with Gasteiger partial charge in [0.05, 0.1) is 22.3 Å². The van der Waals surface area contributed by atoms with Crippen LogP contribution in [0, 0.1) is 13.8 Å². The summed E-state index contributed by atoms with van der Waals surface area (Å²) < 4.78 is 4.46. The third-order valence-electron chi connectivity index (χ3n) is 5.71. The molecule has 5 aromatic rings. The first-order valence-corrected chi connectivity index (χ1v) is 11.0. The zero-order valence-corrected chi connectivity index (χ0v) is 19.8. The van der Waals surface area contributed by atoms with Crippen molar-refractivity contribution in [2.24, 2.45) is 12.8 Å². The number of benzene rings is 2. The van der Waals surface area contributed by atoms with Gasteiger partial charge in [0.1, 0.15) is 11.5 Å². The number of carbonyl (C=O) groups excluding carboxylic acids is 2. The molecule has 2 amide bonds. The average molecular weight is 483 g/mol. The molecule has 180 valence electrons. The molecule has 0 atom stereocenters. The molecule has 11 heteroatoms. The topological polar surface area (TPSA) is 143 Å². The normalized spacial score (nSPS) is 11.1. The number of nitrogens with two attached hydrogens (primary N) is 1. The number of fused-ring (bicyclic) bond motifs is 1. The number of anilines is 1. The van der Waals surface area contributed by atoms with Crippen molar-refractivity contribution in [2.75, 3.05) is 5.32 Å². The van der Waals surface area contributed by atoms with Gasteiger partial charge in [0.25, 0.3) is 5.91 Å². The number of hydrogen-bond acceptors (Lipinski definition) is 6. The van der Waals surface area contributed by atoms with Crippen LogP contribution >= 0.6 is 0 Å². The Morgan fingerprint density at radius 2 is 1.69 bits per heavy atom. The average Bonchev–Trinajstić information content (AvgIpc) is 3.38. The van der Waals surface area contributed by atoms with Crippen LogP contribution in [0.3, 0.4) is 0 Å². The first-order chi connectivity index (χ1) is 17.2. The van der Waals surface area contributed by atoms with E-state index >= 15 is 0 Å². The smallest absolute Gasteiger partial charge is 0.350 e. The Morgan fingerprint density at radius 1 is 0.972 bits per heavy atom. The molecule has 0 spiro atoms. The van der Waals surface area contributed by atoms with Gasteiger partial charge in [0.15, 0.2) is 0 Å². The lowest BCUT2D eigenvalue weighted by Crippen LogP contribution is -2.21. The monoisotopic (exact) mass is 482 g/mol. The number of nitrogens with zero attached hydrogens (tertiary/aromatic N) is 6. The Balaban J connectivity index is 1.49. The SMILES string of the molecule is Cc1cc2nn(-c3ccc(-n4c(C)nn(C)c4=O)cc3)cc2c(C(=O)Nc2cccc(C(N)=O)c2)n1. The summed E-state index contributed by atoms with van der Waals surface area (Å²) >= 11 is 0. The van der Waals surface area contributed by atoms with E-state index in [1.807, 2.05) is 12.1 Å². The maximum absolute atomic E-state index is 13.1. The fraction of sp³-hybridized carbons (Fsp3) is 0.120. The van der Waals surface area contributed by atoms with E-state index < -0.39 is 11.8 Å². The minimum atomic E-state index is -0.585. The summed E-state index contributed by atoms with van der Waals surface area (Å²) in [5, 5.41) is 12.1. The van der Waals surface area contributed by atoms with Gasteiger partial charge in [-0.1, -0.05) is 6.07 Å². The fourth-order valence-corrected chi connectivity index (χ4v) is 4.03. The van der Waals surface area contributed by atoms with E-state index in [2.05, 4.69) is 20.5 Å². The first-order valence-electron chi connectivity index (χ1n) is 11.0. The molecular formula is C25H22N8O3. The molecule has 36 heavy (non-hydrogen) atoms. The summed E-state index contributed by atoms with van der Waals surface area (Å²) in [5.41, 5.74) is 8.67. The van der Waals surface area contributed by atoms with Crippen molar-refractivity contribution in [1.29, 1.82) is 0 Å². The molecule has 3 N–H and O–H groups in total. The van der Waals surface area contributed by atoms with E-state index in [9.17, 15) is 14.4 Å². The molecule has 0 radical (unpaired) electrons. The number of nitrogens with one attached hydrogen (secondary N) is 1. The highest BCUT2D eigenvalue weighted by atomic mass is 16.2. The Labute approximate surface area is 204 Å². The van der Waals surface area contributed by atoms with Crippen molar-refractivity contribution >= 4 is 28.4 Å². The molecule has 0 saturated heterocycles. The van der Waals surface area contributed by atoms with Gasteiger partial charge in [0.2, 0.25) is 5.91 Å². The Morgan fingerprint density at radius 3 is 2.36 bits per heavy atom. The van der Waals surface area contributed by atoms with Crippen LogP contribution < -0.4 is 16.7 Å². The van der Waals surface area contributed by atoms with Gasteiger partial charge < -0.3 is 11.1 Å². The molecule has 3 heterocycles. The summed E-state index contributed by atoms with van der Waals surface area (Å²) in [6.07, 6.45) is 1.73. The Kier molecular flexibility index (Phi) is 5.44. The number of amides is 2. The van der Waals surface area contributed by atoms with Crippen molar-refractivity contribution in [3.63, 3.8) is 0 Å². The number of aromatic nitrogens is 6. The van der Waals surface area contributed by atoms with Crippen LogP contribution in [0.2, 0.25) is 0 Å². The molecule has 0 aliphatic rings. The fourth-order valence-electron chi connectivity index (χ4n) is 4.03. The summed E-state index contributed by atoms with van der Waals surface area (Å²) in [6, 6.07) is 15.4. The number of carbonyl (C=O) groups is 2. The zero-order valence-electron chi connectivity index (χ0n) is 19.8. The second kappa shape index (κ2) is 8.62. The maximum Gasteiger partial charge on any atom is 0.350 e. The van der Waals surface area contributed by atoms with Crippen LogP contribution in [0.5, 0.6) is 0 Å². The molecule has 11 nitrogen and oxygen atoms in total. The van der Waals surface area contributed by atoms with Gasteiger partial charge in [-0.3, -0.25) is 9.59 Å². The third-order valence-corrected chi connectivity index (χ3v) is 5.71. The largest absolute Gasteiger partial charge is 0.366 e. The van der Waals surface area contributed by atoms with E-state index in [1.165, 1.54) is 15.3 Å². The molecule has 0 fully saturated rings. The summed E-state index contributed by atoms with van der Waals surface area (Å²) in [7, 11) is 1.60. The number of aryl methyl sites for hydroxylation is 3. The van der Waals surface area contributed by atoms with Crippen molar-refractivity contribution in [2.45, 2.75) is 13.8 Å². The first kappa shape index (κ1) is 22.7. The molecule has 0 saturated carbocycles. The van der Waals surface area contributed by atoms with Gasteiger partial charge in [-0.25, -0.2) is 23.7 Å². The molecule has 0 aliphatic carbocycles. The Hall–Kier alpha value is -5.06. The molecule has 3 aromatic heterocycles. The van der Waals surface area contributed by atoms with E-state index in [0.29, 0.717) is 33.8 Å². The van der Waals surface area contributed by atoms with Crippen molar-refractivity contribution in [3.8, 4) is 11.4 Å². The van der Waals surface area contributed by atoms with Gasteiger partial charge in [-0.05, 0) is 62.4 Å². The second-order valence-electron chi connectivity index (χ2n) is 8.32. The maximum atomic E-state index is 13.1. The predicted octanol–water partition coefficient (Wildman–Crippen LogP) is 2.27. The molecule has 5 rings (SSSR count). The third kappa shape index (κ3) is 4.02. The van der Waals surface area contributed by atoms with Gasteiger partial charge in [0, 0.05) is 30.2 Å². The van der Waals surface area contributed by atoms with Gasteiger partial charge in [-0.15, -0.1) is 0 Å². The second-order valence-corrected chi connectivity index (χ2v) is 8.32. The number of pyridine rings is 1. The predicted molar refractivity (Wildman–Crippen MR) is 134 cm³/mol. The highest BCUT2D eigenvalue weighted by molar-refractivity contribution is 6.11. The summed E-state index contributed by atoms with van der Waals surface area (Å²) in [6.45, 7) is 3.55. The molecule has 0 unspecified atom stereocenters. The summed E-state index contributed by atoms with van der Waals surface area (Å²) in [4.78, 5) is 41.4. The van der Waals surface area contributed by atoms with Crippen molar-refractivity contribution < 1.29 is 9.59 Å². The number of rotatable bonds is 5. The lowest BCUT2D eigenvalue weighted by Gasteiger charge is -2.07. The van der Waals surface area contributed by atoms with Crippen molar-refractivity contribution in [1.82, 2.24) is 29.1 Å². The van der Waals surface area contributed by atoms with Gasteiger partial charge >= 0.3 is 5.69 Å². The van der Waals surface area contributed by atoms with E-state index in [1.54, 1.807) is 68.2 Å². The van der Waals surface area contributed by atoms with Gasteiger partial charge in [-0.2, -0.15) is 10.2 Å². The van der Waals surface area contributed by atoms with E-state index in [0.717, 1.165) is 5.69 Å². The Bertz CT molecular complexity index is 1710. The lowest BCUT2D eigenvalue weighted by atomic mass is 10.1. The lowest BCUT2D eigenvalue weighted by molar-refractivity contribution is 0.0995. The quantitative estimate of drug-likeness (QED) is 0.393. The minimum Gasteiger partial charge on any atom is -0.366 e. The van der Waals surface area contributed by atoms with E-state index in [-0.39, 0.29) is 16.9 Å². The summed E-state index contributed by atoms with van der Waals surface area (Å²) in [5.74, 6) is -0.441. The molecular weight excluding hydrogens is 460 g/mol. The van der Waals surface area contributed by atoms with Crippen LogP contribution in [0.4, 0.5) is 5.69 Å². The standard InChI is InChI=1S/C25H22N8O3/c1-14-11-21-20(22(27-14)24(35)28-17-6-4-5-16(12-17)23(26)34)13-32(30-21)18-7-9-19(10-8-18)33-15(2)29-31(3)25(33)36/h4-13H,1-3H3,(H2,26,34)(H,28,35). The van der Waals surface area contributed by atoms with Crippen LogP contribution in [-0.2, 0) is 7.05 Å². The van der Waals surface area contributed by atoms with Crippen molar-refractivity contribution in [3.05, 3.63) is 94.1 Å². The van der Waals surface area contributed by atoms with Crippen LogP contribution in [0.15, 0.2) is 65.6 Å². The molecule has 0 bridgehead atoms. The minimum absolute atomic E-state index is 0.204. The number of hydrogen-bond donors (Lipinski definition) is 2. The highest BCUT2D eigenvalue weighted by Gasteiger charge is 2.17. The number of primary amides is 1. The zero-order chi connectivity index (χ0) is 25.6. The molecule has 0 aliphatic heterocycles. The highest BCUT2D eigenvalue weighted by Crippen LogP contribution is 2.22. The van der Waals surface area contributed by atoms with Crippen LogP contribution in [0.1, 0.15) is 32.4 Å². The van der Waals surface area contributed by atoms with Crippen LogP contribution in [0.25, 0.3) is 22.3 Å².